The van der Waals surface area contributed by atoms with Crippen LogP contribution >= 0.6 is 27.5 Å². The summed E-state index contributed by atoms with van der Waals surface area (Å²) in [4.78, 5) is 13.5. The predicted molar refractivity (Wildman–Crippen MR) is 75.5 cm³/mol. The van der Waals surface area contributed by atoms with Crippen molar-refractivity contribution in [1.82, 2.24) is 4.90 Å². The molecule has 94 valence electrons. The molecule has 1 aromatic rings. The Hall–Kier alpha value is -0.740. The number of carbonyl (C=O) groups excluding carboxylic acids is 1. The number of rotatable bonds is 4. The minimum atomic E-state index is 0.0480. The molecule has 0 fully saturated rings. The Bertz CT molecular complexity index is 409. The van der Waals surface area contributed by atoms with Crippen LogP contribution in [0.1, 0.15) is 13.8 Å². The fraction of sp³-hybridized carbons (Fsp3) is 0.417. The summed E-state index contributed by atoms with van der Waals surface area (Å²) in [6, 6.07) is 5.63. The predicted octanol–water partition coefficient (Wildman–Crippen LogP) is 3.38. The maximum atomic E-state index is 11.8. The van der Waals surface area contributed by atoms with Crippen molar-refractivity contribution in [1.29, 1.82) is 0 Å². The summed E-state index contributed by atoms with van der Waals surface area (Å²) in [5.74, 6) is 0.0480. The van der Waals surface area contributed by atoms with Gasteiger partial charge < -0.3 is 10.2 Å². The normalized spacial score (nSPS) is 10.5. The van der Waals surface area contributed by atoms with E-state index >= 15 is 0 Å². The van der Waals surface area contributed by atoms with Gasteiger partial charge in [-0.1, -0.05) is 11.6 Å². The number of hydrogen-bond donors (Lipinski definition) is 1. The number of nitrogens with one attached hydrogen (secondary N) is 1. The van der Waals surface area contributed by atoms with Gasteiger partial charge in [0.05, 0.1) is 12.2 Å². The zero-order valence-electron chi connectivity index (χ0n) is 10.1. The minimum Gasteiger partial charge on any atom is -0.375 e. The molecule has 0 bridgehead atoms. The van der Waals surface area contributed by atoms with Crippen LogP contribution in [0.25, 0.3) is 0 Å². The van der Waals surface area contributed by atoms with Crippen LogP contribution in [-0.2, 0) is 4.79 Å². The van der Waals surface area contributed by atoms with E-state index in [9.17, 15) is 4.79 Å². The molecule has 0 aliphatic heterocycles. The third-order valence-corrected chi connectivity index (χ3v) is 3.45. The molecule has 0 aliphatic carbocycles. The second-order valence-electron chi connectivity index (χ2n) is 4.08. The number of anilines is 1. The van der Waals surface area contributed by atoms with Gasteiger partial charge >= 0.3 is 0 Å². The van der Waals surface area contributed by atoms with E-state index in [4.69, 9.17) is 11.6 Å². The molecule has 0 saturated carbocycles. The molecule has 1 rings (SSSR count). The van der Waals surface area contributed by atoms with E-state index in [1.165, 1.54) is 0 Å². The number of nitrogens with zero attached hydrogens (tertiary/aromatic N) is 1. The fourth-order valence-corrected chi connectivity index (χ4v) is 1.78. The van der Waals surface area contributed by atoms with Gasteiger partial charge in [0, 0.05) is 22.6 Å². The van der Waals surface area contributed by atoms with Crippen LogP contribution in [0.3, 0.4) is 0 Å². The van der Waals surface area contributed by atoms with Crippen LogP contribution in [0.15, 0.2) is 22.7 Å². The van der Waals surface area contributed by atoms with Crippen molar-refractivity contribution in [2.75, 3.05) is 18.9 Å². The van der Waals surface area contributed by atoms with Gasteiger partial charge in [-0.3, -0.25) is 4.79 Å². The standard InChI is InChI=1S/C12H16BrClN2O/c1-8(2)16(3)12(17)7-15-11-6-9(14)4-5-10(11)13/h4-6,8,15H,7H2,1-3H3. The highest BCUT2D eigenvalue weighted by Crippen LogP contribution is 2.25. The lowest BCUT2D eigenvalue weighted by molar-refractivity contribution is -0.129. The fourth-order valence-electron chi connectivity index (χ4n) is 1.22. The third-order valence-electron chi connectivity index (χ3n) is 2.53. The van der Waals surface area contributed by atoms with E-state index in [-0.39, 0.29) is 18.5 Å². The zero-order chi connectivity index (χ0) is 13.0. The van der Waals surface area contributed by atoms with E-state index in [0.717, 1.165) is 10.2 Å². The lowest BCUT2D eigenvalue weighted by atomic mass is 10.3. The highest BCUT2D eigenvalue weighted by molar-refractivity contribution is 9.10. The Labute approximate surface area is 115 Å². The number of carbonyl (C=O) groups is 1. The van der Waals surface area contributed by atoms with Gasteiger partial charge in [0.15, 0.2) is 0 Å². The maximum Gasteiger partial charge on any atom is 0.241 e. The molecule has 17 heavy (non-hydrogen) atoms. The Morgan fingerprint density at radius 2 is 2.18 bits per heavy atom. The van der Waals surface area contributed by atoms with E-state index in [1.807, 2.05) is 19.9 Å². The van der Waals surface area contributed by atoms with Crippen LogP contribution < -0.4 is 5.32 Å². The molecule has 1 aromatic carbocycles. The van der Waals surface area contributed by atoms with Crippen LogP contribution in [-0.4, -0.2) is 30.4 Å². The second kappa shape index (κ2) is 6.26. The quantitative estimate of drug-likeness (QED) is 0.922. The molecular formula is C12H16BrClN2O. The highest BCUT2D eigenvalue weighted by atomic mass is 79.9. The van der Waals surface area contributed by atoms with E-state index < -0.39 is 0 Å². The Kier molecular flexibility index (Phi) is 5.28. The molecule has 0 aromatic heterocycles. The van der Waals surface area contributed by atoms with Crippen LogP contribution in [0.2, 0.25) is 5.02 Å². The lowest BCUT2D eigenvalue weighted by Gasteiger charge is -2.22. The third kappa shape index (κ3) is 4.21. The first-order valence-corrected chi connectivity index (χ1v) is 6.53. The summed E-state index contributed by atoms with van der Waals surface area (Å²) in [7, 11) is 1.79. The van der Waals surface area contributed by atoms with Crippen molar-refractivity contribution in [2.45, 2.75) is 19.9 Å². The smallest absolute Gasteiger partial charge is 0.241 e. The molecule has 0 aliphatic rings. The molecule has 0 heterocycles. The van der Waals surface area contributed by atoms with Crippen molar-refractivity contribution in [3.05, 3.63) is 27.7 Å². The van der Waals surface area contributed by atoms with Crippen molar-refractivity contribution >= 4 is 39.1 Å². The highest BCUT2D eigenvalue weighted by Gasteiger charge is 2.11. The molecule has 0 spiro atoms. The van der Waals surface area contributed by atoms with Gasteiger partial charge in [0.2, 0.25) is 5.91 Å². The Balaban J connectivity index is 2.61. The number of likely N-dealkylation sites (N-methyl/N-ethyl adjacent to an activating group) is 1. The van der Waals surface area contributed by atoms with Gasteiger partial charge in [-0.2, -0.15) is 0 Å². The molecule has 3 nitrogen and oxygen atoms in total. The van der Waals surface area contributed by atoms with Crippen LogP contribution in [0, 0.1) is 0 Å². The topological polar surface area (TPSA) is 32.3 Å². The van der Waals surface area contributed by atoms with Crippen molar-refractivity contribution in [2.24, 2.45) is 0 Å². The first-order chi connectivity index (χ1) is 7.91. The largest absolute Gasteiger partial charge is 0.375 e. The van der Waals surface area contributed by atoms with Gasteiger partial charge in [0.25, 0.3) is 0 Å². The van der Waals surface area contributed by atoms with E-state index in [2.05, 4.69) is 21.2 Å². The summed E-state index contributed by atoms with van der Waals surface area (Å²) in [6.07, 6.45) is 0. The average Bonchev–Trinajstić information content (AvgIpc) is 2.28. The number of hydrogen-bond acceptors (Lipinski definition) is 2. The van der Waals surface area contributed by atoms with Gasteiger partial charge in [-0.25, -0.2) is 0 Å². The molecule has 0 radical (unpaired) electrons. The number of amides is 1. The molecule has 0 atom stereocenters. The molecule has 0 unspecified atom stereocenters. The molecular weight excluding hydrogens is 304 g/mol. The van der Waals surface area contributed by atoms with Gasteiger partial charge in [0.1, 0.15) is 0 Å². The first kappa shape index (κ1) is 14.3. The monoisotopic (exact) mass is 318 g/mol. The maximum absolute atomic E-state index is 11.8. The van der Waals surface area contributed by atoms with Crippen LogP contribution in [0.4, 0.5) is 5.69 Å². The lowest BCUT2D eigenvalue weighted by Crippen LogP contribution is -2.37. The second-order valence-corrected chi connectivity index (χ2v) is 5.37. The first-order valence-electron chi connectivity index (χ1n) is 5.36. The molecule has 1 N–H and O–H groups in total. The van der Waals surface area contributed by atoms with Crippen LogP contribution in [0.5, 0.6) is 0 Å². The Morgan fingerprint density at radius 3 is 2.76 bits per heavy atom. The van der Waals surface area contributed by atoms with E-state index in [0.29, 0.717) is 5.02 Å². The SMILES string of the molecule is CC(C)N(C)C(=O)CNc1cc(Cl)ccc1Br. The number of halogens is 2. The minimum absolute atomic E-state index is 0.0480. The molecule has 5 heteroatoms. The zero-order valence-corrected chi connectivity index (χ0v) is 12.5. The average molecular weight is 320 g/mol. The molecule has 1 amide bonds. The number of benzene rings is 1. The Morgan fingerprint density at radius 1 is 1.53 bits per heavy atom. The summed E-state index contributed by atoms with van der Waals surface area (Å²) in [5, 5.41) is 3.71. The summed E-state index contributed by atoms with van der Waals surface area (Å²) < 4.78 is 0.891. The van der Waals surface area contributed by atoms with Crippen molar-refractivity contribution in [3.63, 3.8) is 0 Å². The molecule has 0 saturated heterocycles. The van der Waals surface area contributed by atoms with E-state index in [1.54, 1.807) is 24.1 Å². The van der Waals surface area contributed by atoms with Crippen molar-refractivity contribution in [3.8, 4) is 0 Å². The van der Waals surface area contributed by atoms with Crippen molar-refractivity contribution < 1.29 is 4.79 Å². The summed E-state index contributed by atoms with van der Waals surface area (Å²) in [6.45, 7) is 4.22. The summed E-state index contributed by atoms with van der Waals surface area (Å²) >= 11 is 9.29. The van der Waals surface area contributed by atoms with Gasteiger partial charge in [-0.15, -0.1) is 0 Å². The van der Waals surface area contributed by atoms with Gasteiger partial charge in [-0.05, 0) is 48.0 Å². The summed E-state index contributed by atoms with van der Waals surface area (Å²) in [5.41, 5.74) is 0.822.